The van der Waals surface area contributed by atoms with E-state index in [9.17, 15) is 4.79 Å². The second-order valence-electron chi connectivity index (χ2n) is 6.99. The predicted molar refractivity (Wildman–Crippen MR) is 99.8 cm³/mol. The third-order valence-corrected chi connectivity index (χ3v) is 4.69. The third kappa shape index (κ3) is 4.01. The minimum Gasteiger partial charge on any atom is -0.357 e. The zero-order chi connectivity index (χ0) is 18.7. The van der Waals surface area contributed by atoms with Gasteiger partial charge in [0.15, 0.2) is 5.69 Å². The number of carbonyl (C=O) groups is 1. The summed E-state index contributed by atoms with van der Waals surface area (Å²) in [6.45, 7) is 7.60. The number of nitrogens with zero attached hydrogens (tertiary/aromatic N) is 6. The number of hydrogen-bond donors (Lipinski definition) is 1. The molecule has 0 spiro atoms. The van der Waals surface area contributed by atoms with Gasteiger partial charge in [0.25, 0.3) is 5.91 Å². The Hall–Kier alpha value is -2.48. The lowest BCUT2D eigenvalue weighted by molar-refractivity contribution is 0.0778. The fourth-order valence-electron chi connectivity index (χ4n) is 3.14. The Labute approximate surface area is 154 Å². The number of nitrogens with one attached hydrogen (secondary N) is 1. The van der Waals surface area contributed by atoms with Gasteiger partial charge < -0.3 is 10.2 Å². The van der Waals surface area contributed by atoms with Crippen molar-refractivity contribution in [1.29, 1.82) is 0 Å². The van der Waals surface area contributed by atoms with E-state index in [0.29, 0.717) is 24.2 Å². The molecule has 8 heteroatoms. The second-order valence-corrected chi connectivity index (χ2v) is 6.99. The predicted octanol–water partition coefficient (Wildman–Crippen LogP) is 1.60. The van der Waals surface area contributed by atoms with E-state index in [1.807, 2.05) is 10.7 Å². The van der Waals surface area contributed by atoms with Crippen LogP contribution in [0.5, 0.6) is 0 Å². The van der Waals surface area contributed by atoms with Gasteiger partial charge >= 0.3 is 0 Å². The van der Waals surface area contributed by atoms with Crippen LogP contribution in [0.15, 0.2) is 18.5 Å². The molecule has 1 amide bonds. The van der Waals surface area contributed by atoms with Crippen LogP contribution in [0.4, 0.5) is 5.95 Å². The Bertz CT molecular complexity index is 753. The van der Waals surface area contributed by atoms with Crippen molar-refractivity contribution in [3.05, 3.63) is 35.4 Å². The summed E-state index contributed by atoms with van der Waals surface area (Å²) in [5, 5.41) is 7.43. The molecule has 1 aliphatic rings. The summed E-state index contributed by atoms with van der Waals surface area (Å²) in [5.41, 5.74) is 2.49. The first-order valence-electron chi connectivity index (χ1n) is 9.03. The summed E-state index contributed by atoms with van der Waals surface area (Å²) < 4.78 is 1.98. The lowest BCUT2D eigenvalue weighted by atomic mass is 10.2. The number of hydrogen-bond acceptors (Lipinski definition) is 6. The van der Waals surface area contributed by atoms with E-state index in [0.717, 1.165) is 37.3 Å². The molecular weight excluding hydrogens is 330 g/mol. The Balaban J connectivity index is 1.70. The van der Waals surface area contributed by atoms with E-state index in [1.165, 1.54) is 0 Å². The fourth-order valence-corrected chi connectivity index (χ4v) is 3.14. The highest BCUT2D eigenvalue weighted by Crippen LogP contribution is 2.17. The Morgan fingerprint density at radius 3 is 2.69 bits per heavy atom. The molecule has 140 valence electrons. The topological polar surface area (TPSA) is 79.2 Å². The first kappa shape index (κ1) is 18.3. The molecule has 0 saturated heterocycles. The third-order valence-electron chi connectivity index (χ3n) is 4.69. The van der Waals surface area contributed by atoms with Gasteiger partial charge in [0, 0.05) is 64.3 Å². The summed E-state index contributed by atoms with van der Waals surface area (Å²) in [4.78, 5) is 25.2. The standard InChI is InChI=1S/C18H27N7O/c1-13(2)24-6-5-7-25-15(12-24)8-16(22-25)17(26)23(4)11-14-9-20-18(19-3)21-10-14/h8-10,13H,5-7,11-12H2,1-4H3,(H,19,20,21). The van der Waals surface area contributed by atoms with Gasteiger partial charge in [-0.1, -0.05) is 0 Å². The molecule has 0 saturated carbocycles. The minimum atomic E-state index is -0.0839. The Kier molecular flexibility index (Phi) is 5.51. The first-order valence-corrected chi connectivity index (χ1v) is 9.03. The normalized spacial score (nSPS) is 14.8. The van der Waals surface area contributed by atoms with Crippen molar-refractivity contribution in [2.24, 2.45) is 0 Å². The number of aromatic nitrogens is 4. The van der Waals surface area contributed by atoms with Gasteiger partial charge in [0.1, 0.15) is 0 Å². The second kappa shape index (κ2) is 7.82. The Morgan fingerprint density at radius 2 is 2.04 bits per heavy atom. The molecule has 2 aromatic rings. The van der Waals surface area contributed by atoms with Crippen LogP contribution in [0.25, 0.3) is 0 Å². The van der Waals surface area contributed by atoms with Gasteiger partial charge in [-0.3, -0.25) is 14.4 Å². The molecule has 0 aliphatic carbocycles. The zero-order valence-corrected chi connectivity index (χ0v) is 15.9. The summed E-state index contributed by atoms with van der Waals surface area (Å²) in [5.74, 6) is 0.481. The maximum Gasteiger partial charge on any atom is 0.274 e. The molecule has 0 aromatic carbocycles. The highest BCUT2D eigenvalue weighted by Gasteiger charge is 2.22. The number of aryl methyl sites for hydroxylation is 1. The van der Waals surface area contributed by atoms with Crippen molar-refractivity contribution in [1.82, 2.24) is 29.5 Å². The highest BCUT2D eigenvalue weighted by atomic mass is 16.2. The Morgan fingerprint density at radius 1 is 1.31 bits per heavy atom. The largest absolute Gasteiger partial charge is 0.357 e. The fraction of sp³-hybridized carbons (Fsp3) is 0.556. The summed E-state index contributed by atoms with van der Waals surface area (Å²) >= 11 is 0. The van der Waals surface area contributed by atoms with Gasteiger partial charge in [-0.05, 0) is 26.3 Å². The monoisotopic (exact) mass is 357 g/mol. The van der Waals surface area contributed by atoms with Crippen LogP contribution in [-0.2, 0) is 19.6 Å². The van der Waals surface area contributed by atoms with Crippen molar-refractivity contribution >= 4 is 11.9 Å². The summed E-state index contributed by atoms with van der Waals surface area (Å²) in [7, 11) is 3.55. The van der Waals surface area contributed by atoms with Gasteiger partial charge in [0.2, 0.25) is 5.95 Å². The summed E-state index contributed by atoms with van der Waals surface area (Å²) in [6.07, 6.45) is 4.50. The number of anilines is 1. The number of rotatable bonds is 5. The molecule has 26 heavy (non-hydrogen) atoms. The molecule has 0 bridgehead atoms. The maximum absolute atomic E-state index is 12.8. The minimum absolute atomic E-state index is 0.0839. The van der Waals surface area contributed by atoms with E-state index < -0.39 is 0 Å². The molecule has 1 aliphatic heterocycles. The van der Waals surface area contributed by atoms with Crippen LogP contribution < -0.4 is 5.32 Å². The highest BCUT2D eigenvalue weighted by molar-refractivity contribution is 5.92. The van der Waals surface area contributed by atoms with Crippen molar-refractivity contribution in [2.45, 2.75) is 45.9 Å². The zero-order valence-electron chi connectivity index (χ0n) is 15.9. The van der Waals surface area contributed by atoms with E-state index in [2.05, 4.69) is 39.1 Å². The SMILES string of the molecule is CNc1ncc(CN(C)C(=O)c2cc3n(n2)CCCN(C(C)C)C3)cn1. The van der Waals surface area contributed by atoms with Crippen LogP contribution in [0, 0.1) is 0 Å². The van der Waals surface area contributed by atoms with Crippen LogP contribution in [-0.4, -0.2) is 62.1 Å². The molecule has 0 unspecified atom stereocenters. The quantitative estimate of drug-likeness (QED) is 0.876. The summed E-state index contributed by atoms with van der Waals surface area (Å²) in [6, 6.07) is 2.42. The van der Waals surface area contributed by atoms with Gasteiger partial charge in [-0.15, -0.1) is 0 Å². The number of carbonyl (C=O) groups excluding carboxylic acids is 1. The van der Waals surface area contributed by atoms with Crippen molar-refractivity contribution in [3.63, 3.8) is 0 Å². The van der Waals surface area contributed by atoms with Crippen LogP contribution in [0.1, 0.15) is 42.0 Å². The number of amides is 1. The molecule has 0 fully saturated rings. The first-order chi connectivity index (χ1) is 12.5. The number of fused-ring (bicyclic) bond motifs is 1. The molecule has 1 N–H and O–H groups in total. The van der Waals surface area contributed by atoms with Gasteiger partial charge in [-0.25, -0.2) is 9.97 Å². The lowest BCUT2D eigenvalue weighted by Crippen LogP contribution is -2.30. The van der Waals surface area contributed by atoms with E-state index in [4.69, 9.17) is 0 Å². The molecule has 3 rings (SSSR count). The molecule has 2 aromatic heterocycles. The van der Waals surface area contributed by atoms with Crippen molar-refractivity contribution in [2.75, 3.05) is 26.0 Å². The van der Waals surface area contributed by atoms with Gasteiger partial charge in [0.05, 0.1) is 5.69 Å². The smallest absolute Gasteiger partial charge is 0.274 e. The van der Waals surface area contributed by atoms with Crippen LogP contribution >= 0.6 is 0 Å². The maximum atomic E-state index is 12.8. The molecular formula is C18H27N7O. The molecule has 8 nitrogen and oxygen atoms in total. The average molecular weight is 357 g/mol. The van der Waals surface area contributed by atoms with E-state index >= 15 is 0 Å². The lowest BCUT2D eigenvalue weighted by Gasteiger charge is -2.23. The molecule has 3 heterocycles. The van der Waals surface area contributed by atoms with Crippen molar-refractivity contribution < 1.29 is 4.79 Å². The van der Waals surface area contributed by atoms with E-state index in [1.54, 1.807) is 31.4 Å². The molecule has 0 radical (unpaired) electrons. The van der Waals surface area contributed by atoms with Gasteiger partial charge in [-0.2, -0.15) is 5.10 Å². The van der Waals surface area contributed by atoms with E-state index in [-0.39, 0.29) is 5.91 Å². The average Bonchev–Trinajstić information content (AvgIpc) is 2.92. The van der Waals surface area contributed by atoms with Crippen molar-refractivity contribution in [3.8, 4) is 0 Å². The molecule has 0 atom stereocenters. The van der Waals surface area contributed by atoms with Crippen LogP contribution in [0.3, 0.4) is 0 Å². The van der Waals surface area contributed by atoms with Crippen LogP contribution in [0.2, 0.25) is 0 Å².